The average molecular weight is 340 g/mol. The normalized spacial score (nSPS) is 11.6. The van der Waals surface area contributed by atoms with Crippen molar-refractivity contribution in [1.29, 1.82) is 0 Å². The highest BCUT2D eigenvalue weighted by Gasteiger charge is 2.21. The van der Waals surface area contributed by atoms with E-state index in [9.17, 15) is 14.7 Å². The fourth-order valence-corrected chi connectivity index (χ4v) is 2.70. The third kappa shape index (κ3) is 5.08. The number of para-hydroxylation sites is 1. The molecule has 1 atom stereocenters. The van der Waals surface area contributed by atoms with E-state index in [4.69, 9.17) is 4.74 Å². The first kappa shape index (κ1) is 18.5. The number of amides is 1. The zero-order valence-corrected chi connectivity index (χ0v) is 14.7. The number of hydrogen-bond donors (Lipinski definition) is 1. The number of aryl methyl sites for hydroxylation is 2. The molecule has 0 heterocycles. The van der Waals surface area contributed by atoms with Crippen LogP contribution in [-0.4, -0.2) is 19.0 Å². The molecule has 1 amide bonds. The highest BCUT2D eigenvalue weighted by atomic mass is 16.5. The molecule has 0 aliphatic heterocycles. The van der Waals surface area contributed by atoms with E-state index < -0.39 is 11.9 Å². The van der Waals surface area contributed by atoms with Gasteiger partial charge in [-0.1, -0.05) is 30.3 Å². The summed E-state index contributed by atoms with van der Waals surface area (Å²) in [5.74, 6) is -1.72. The molecule has 1 N–H and O–H groups in total. The van der Waals surface area contributed by atoms with Crippen molar-refractivity contribution in [2.75, 3.05) is 12.4 Å². The Kier molecular flexibility index (Phi) is 6.17. The summed E-state index contributed by atoms with van der Waals surface area (Å²) in [6, 6.07) is 13.0. The maximum absolute atomic E-state index is 12.7. The molecule has 5 nitrogen and oxygen atoms in total. The summed E-state index contributed by atoms with van der Waals surface area (Å²) in [7, 11) is 1.54. The smallest absolute Gasteiger partial charge is 0.228 e. The molecular formula is C20H22NO4-. The van der Waals surface area contributed by atoms with Crippen molar-refractivity contribution in [3.05, 3.63) is 59.2 Å². The first-order valence-electron chi connectivity index (χ1n) is 8.10. The number of nitrogens with one attached hydrogen (secondary N) is 1. The van der Waals surface area contributed by atoms with Gasteiger partial charge in [-0.15, -0.1) is 0 Å². The van der Waals surface area contributed by atoms with Crippen LogP contribution >= 0.6 is 0 Å². The van der Waals surface area contributed by atoms with Crippen molar-refractivity contribution < 1.29 is 19.4 Å². The minimum absolute atomic E-state index is 0.259. The lowest BCUT2D eigenvalue weighted by molar-refractivity contribution is -0.306. The first-order chi connectivity index (χ1) is 11.9. The summed E-state index contributed by atoms with van der Waals surface area (Å²) in [5.41, 5.74) is 3.41. The van der Waals surface area contributed by atoms with E-state index >= 15 is 0 Å². The van der Waals surface area contributed by atoms with Gasteiger partial charge in [-0.2, -0.15) is 0 Å². The Balaban J connectivity index is 2.22. The molecular weight excluding hydrogens is 318 g/mol. The zero-order valence-electron chi connectivity index (χ0n) is 14.7. The fraction of sp³-hybridized carbons (Fsp3) is 0.300. The molecule has 0 radical (unpaired) electrons. The number of benzene rings is 2. The molecule has 0 unspecified atom stereocenters. The molecule has 0 saturated heterocycles. The first-order valence-corrected chi connectivity index (χ1v) is 8.10. The van der Waals surface area contributed by atoms with E-state index in [-0.39, 0.29) is 18.7 Å². The van der Waals surface area contributed by atoms with Gasteiger partial charge < -0.3 is 20.0 Å². The largest absolute Gasteiger partial charge is 0.550 e. The van der Waals surface area contributed by atoms with Gasteiger partial charge >= 0.3 is 0 Å². The van der Waals surface area contributed by atoms with Crippen molar-refractivity contribution in [3.63, 3.8) is 0 Å². The molecule has 0 bridgehead atoms. The van der Waals surface area contributed by atoms with E-state index in [1.165, 1.54) is 0 Å². The Hall–Kier alpha value is -2.82. The number of carboxylic acids is 1. The summed E-state index contributed by atoms with van der Waals surface area (Å²) in [5, 5.41) is 14.0. The van der Waals surface area contributed by atoms with Crippen LogP contribution in [0.5, 0.6) is 5.75 Å². The molecule has 132 valence electrons. The molecule has 0 spiro atoms. The Bertz CT molecular complexity index is 770. The van der Waals surface area contributed by atoms with E-state index in [1.807, 2.05) is 50.2 Å². The van der Waals surface area contributed by atoms with Crippen molar-refractivity contribution in [3.8, 4) is 5.75 Å². The molecule has 5 heteroatoms. The molecule has 0 aromatic heterocycles. The van der Waals surface area contributed by atoms with Gasteiger partial charge in [-0.3, -0.25) is 4.79 Å². The highest BCUT2D eigenvalue weighted by molar-refractivity contribution is 5.95. The zero-order chi connectivity index (χ0) is 18.4. The predicted molar refractivity (Wildman–Crippen MR) is 94.4 cm³/mol. The van der Waals surface area contributed by atoms with Crippen LogP contribution in [0.4, 0.5) is 5.69 Å². The topological polar surface area (TPSA) is 78.5 Å². The Labute approximate surface area is 147 Å². The highest BCUT2D eigenvalue weighted by Crippen LogP contribution is 2.24. The van der Waals surface area contributed by atoms with E-state index in [1.54, 1.807) is 13.2 Å². The van der Waals surface area contributed by atoms with E-state index in [0.29, 0.717) is 11.4 Å². The van der Waals surface area contributed by atoms with Crippen LogP contribution in [-0.2, 0) is 16.0 Å². The van der Waals surface area contributed by atoms with Crippen LogP contribution in [0.2, 0.25) is 0 Å². The van der Waals surface area contributed by atoms with Crippen molar-refractivity contribution in [2.24, 2.45) is 5.92 Å². The number of hydrogen-bond acceptors (Lipinski definition) is 4. The molecule has 0 aliphatic carbocycles. The van der Waals surface area contributed by atoms with Crippen molar-refractivity contribution in [1.82, 2.24) is 0 Å². The minimum Gasteiger partial charge on any atom is -0.550 e. The molecule has 25 heavy (non-hydrogen) atoms. The molecule has 0 fully saturated rings. The second kappa shape index (κ2) is 8.33. The quantitative estimate of drug-likeness (QED) is 0.838. The monoisotopic (exact) mass is 340 g/mol. The summed E-state index contributed by atoms with van der Waals surface area (Å²) < 4.78 is 5.29. The van der Waals surface area contributed by atoms with Crippen LogP contribution in [0.25, 0.3) is 0 Å². The molecule has 0 saturated carbocycles. The van der Waals surface area contributed by atoms with Crippen LogP contribution in [0.15, 0.2) is 42.5 Å². The number of ether oxygens (including phenoxy) is 1. The summed E-state index contributed by atoms with van der Waals surface area (Å²) in [6.45, 7) is 3.83. The second-order valence-electron chi connectivity index (χ2n) is 6.10. The van der Waals surface area contributed by atoms with Crippen LogP contribution in [0.3, 0.4) is 0 Å². The van der Waals surface area contributed by atoms with E-state index in [0.717, 1.165) is 16.7 Å². The van der Waals surface area contributed by atoms with Gasteiger partial charge in [0.15, 0.2) is 0 Å². The molecule has 0 aliphatic rings. The minimum atomic E-state index is -1.25. The predicted octanol–water partition coefficient (Wildman–Crippen LogP) is 2.25. The van der Waals surface area contributed by atoms with Crippen LogP contribution in [0.1, 0.15) is 23.1 Å². The van der Waals surface area contributed by atoms with Gasteiger partial charge in [0.2, 0.25) is 5.91 Å². The third-order valence-corrected chi connectivity index (χ3v) is 4.09. The molecule has 2 aromatic rings. The van der Waals surface area contributed by atoms with Crippen LogP contribution in [0, 0.1) is 19.8 Å². The van der Waals surface area contributed by atoms with Crippen molar-refractivity contribution in [2.45, 2.75) is 26.7 Å². The summed E-state index contributed by atoms with van der Waals surface area (Å²) in [4.78, 5) is 23.8. The molecule has 2 rings (SSSR count). The standard InChI is InChI=1S/C20H23NO4/c1-13-8-9-14(2)17(10-13)21-20(24)16(12-19(22)23)11-15-6-4-5-7-18(15)25-3/h4-10,16H,11-12H2,1-3H3,(H,21,24)(H,22,23)/p-1/t16-/m1/s1. The summed E-state index contributed by atoms with van der Waals surface area (Å²) >= 11 is 0. The maximum Gasteiger partial charge on any atom is 0.228 e. The van der Waals surface area contributed by atoms with Gasteiger partial charge in [0.05, 0.1) is 7.11 Å². The number of carbonyl (C=O) groups is 2. The number of aliphatic carboxylic acids is 1. The van der Waals surface area contributed by atoms with Gasteiger partial charge in [0.1, 0.15) is 5.75 Å². The lowest BCUT2D eigenvalue weighted by Crippen LogP contribution is -2.32. The second-order valence-corrected chi connectivity index (χ2v) is 6.10. The number of rotatable bonds is 7. The number of carbonyl (C=O) groups excluding carboxylic acids is 2. The lowest BCUT2D eigenvalue weighted by Gasteiger charge is -2.19. The maximum atomic E-state index is 12.7. The molecule has 2 aromatic carbocycles. The number of methoxy groups -OCH3 is 1. The van der Waals surface area contributed by atoms with Gasteiger partial charge in [-0.25, -0.2) is 0 Å². The third-order valence-electron chi connectivity index (χ3n) is 4.09. The number of carboxylic acid groups (broad SMARTS) is 1. The number of anilines is 1. The SMILES string of the molecule is COc1ccccc1C[C@H](CC(=O)[O-])C(=O)Nc1cc(C)ccc1C. The summed E-state index contributed by atoms with van der Waals surface area (Å²) in [6.07, 6.45) is -0.0938. The van der Waals surface area contributed by atoms with Gasteiger partial charge in [0, 0.05) is 17.6 Å². The fourth-order valence-electron chi connectivity index (χ4n) is 2.70. The average Bonchev–Trinajstić information content (AvgIpc) is 2.57. The van der Waals surface area contributed by atoms with Crippen LogP contribution < -0.4 is 15.2 Å². The lowest BCUT2D eigenvalue weighted by atomic mass is 9.94. The van der Waals surface area contributed by atoms with Gasteiger partial charge in [-0.05, 0) is 55.5 Å². The Morgan fingerprint density at radius 2 is 1.88 bits per heavy atom. The van der Waals surface area contributed by atoms with E-state index in [2.05, 4.69) is 5.32 Å². The van der Waals surface area contributed by atoms with Crippen molar-refractivity contribution >= 4 is 17.6 Å². The van der Waals surface area contributed by atoms with Gasteiger partial charge in [0.25, 0.3) is 0 Å². The Morgan fingerprint density at radius 3 is 2.56 bits per heavy atom. The Morgan fingerprint density at radius 1 is 1.16 bits per heavy atom.